The van der Waals surface area contributed by atoms with Crippen molar-refractivity contribution in [3.63, 3.8) is 0 Å². The van der Waals surface area contributed by atoms with Crippen molar-refractivity contribution in [1.82, 2.24) is 25.0 Å². The molecule has 5 rings (SSSR count). The molecule has 0 fully saturated rings. The molecule has 35 heavy (non-hydrogen) atoms. The zero-order valence-electron chi connectivity index (χ0n) is 19.0. The molecule has 0 aliphatic rings. The van der Waals surface area contributed by atoms with Gasteiger partial charge in [-0.05, 0) is 19.1 Å². The fourth-order valence-electron chi connectivity index (χ4n) is 3.62. The van der Waals surface area contributed by atoms with Crippen molar-refractivity contribution in [1.29, 1.82) is 0 Å². The summed E-state index contributed by atoms with van der Waals surface area (Å²) in [4.78, 5) is 17.5. The van der Waals surface area contributed by atoms with Crippen molar-refractivity contribution in [3.8, 4) is 28.2 Å². The van der Waals surface area contributed by atoms with Crippen molar-refractivity contribution in [2.75, 3.05) is 11.1 Å². The van der Waals surface area contributed by atoms with Gasteiger partial charge in [0.25, 0.3) is 0 Å². The number of amides is 1. The number of nitrogens with one attached hydrogen (secondary N) is 1. The molecule has 5 aromatic rings. The number of hydrogen-bond acceptors (Lipinski definition) is 6. The standard InChI is InChI=1S/C27H22N6OS/c1-19-17-23(33(32-19)22-15-9-4-10-16-22)28-24(34)18-35-27-29-25(20-11-5-2-6-12-20)26(30-31-27)21-13-7-3-8-14-21/h2-17H,18H2,1H3,(H,28,34). The maximum atomic E-state index is 12.8. The maximum Gasteiger partial charge on any atom is 0.236 e. The molecular formula is C27H22N6OS. The first-order valence-corrected chi connectivity index (χ1v) is 12.1. The van der Waals surface area contributed by atoms with E-state index < -0.39 is 0 Å². The first kappa shape index (κ1) is 22.5. The average Bonchev–Trinajstić information content (AvgIpc) is 3.28. The molecule has 0 aliphatic heterocycles. The van der Waals surface area contributed by atoms with E-state index in [1.54, 1.807) is 4.68 Å². The number of aromatic nitrogens is 5. The number of rotatable bonds is 7. The van der Waals surface area contributed by atoms with E-state index in [1.807, 2.05) is 104 Å². The van der Waals surface area contributed by atoms with Gasteiger partial charge in [0, 0.05) is 17.2 Å². The second kappa shape index (κ2) is 10.3. The quantitative estimate of drug-likeness (QED) is 0.314. The van der Waals surface area contributed by atoms with Crippen LogP contribution < -0.4 is 5.32 Å². The maximum absolute atomic E-state index is 12.8. The number of aryl methyl sites for hydroxylation is 1. The highest BCUT2D eigenvalue weighted by atomic mass is 32.2. The van der Waals surface area contributed by atoms with E-state index in [-0.39, 0.29) is 11.7 Å². The van der Waals surface area contributed by atoms with Gasteiger partial charge in [-0.15, -0.1) is 10.2 Å². The van der Waals surface area contributed by atoms with Crippen LogP contribution in [0.5, 0.6) is 0 Å². The predicted molar refractivity (Wildman–Crippen MR) is 138 cm³/mol. The highest BCUT2D eigenvalue weighted by Gasteiger charge is 2.16. The molecule has 1 amide bonds. The van der Waals surface area contributed by atoms with Crippen molar-refractivity contribution >= 4 is 23.5 Å². The van der Waals surface area contributed by atoms with Gasteiger partial charge in [-0.1, -0.05) is 90.6 Å². The highest BCUT2D eigenvalue weighted by Crippen LogP contribution is 2.29. The normalized spacial score (nSPS) is 10.8. The van der Waals surface area contributed by atoms with E-state index in [4.69, 9.17) is 4.98 Å². The molecule has 0 radical (unpaired) electrons. The highest BCUT2D eigenvalue weighted by molar-refractivity contribution is 7.99. The number of para-hydroxylation sites is 1. The van der Waals surface area contributed by atoms with Crippen LogP contribution >= 0.6 is 11.8 Å². The first-order valence-electron chi connectivity index (χ1n) is 11.1. The Bertz CT molecular complexity index is 1440. The Kier molecular flexibility index (Phi) is 6.63. The summed E-state index contributed by atoms with van der Waals surface area (Å²) < 4.78 is 1.72. The Balaban J connectivity index is 1.35. The Labute approximate surface area is 207 Å². The average molecular weight is 479 g/mol. The largest absolute Gasteiger partial charge is 0.310 e. The molecule has 1 N–H and O–H groups in total. The van der Waals surface area contributed by atoms with Gasteiger partial charge in [0.15, 0.2) is 0 Å². The van der Waals surface area contributed by atoms with Gasteiger partial charge in [0.05, 0.1) is 17.1 Å². The Morgan fingerprint density at radius 2 is 1.43 bits per heavy atom. The molecule has 2 aromatic heterocycles. The van der Waals surface area contributed by atoms with Gasteiger partial charge in [0.1, 0.15) is 17.2 Å². The minimum atomic E-state index is -0.177. The zero-order chi connectivity index (χ0) is 24.0. The molecule has 3 aromatic carbocycles. The molecule has 8 heteroatoms. The number of benzene rings is 3. The summed E-state index contributed by atoms with van der Waals surface area (Å²) in [5.41, 5.74) is 4.99. The molecular weight excluding hydrogens is 456 g/mol. The van der Waals surface area contributed by atoms with E-state index in [2.05, 4.69) is 20.6 Å². The van der Waals surface area contributed by atoms with E-state index in [0.717, 1.165) is 28.2 Å². The predicted octanol–water partition coefficient (Wildman–Crippen LogP) is 5.43. The van der Waals surface area contributed by atoms with Crippen LogP contribution in [0.4, 0.5) is 5.82 Å². The molecule has 7 nitrogen and oxygen atoms in total. The van der Waals surface area contributed by atoms with Crippen LogP contribution in [0, 0.1) is 6.92 Å². The molecule has 172 valence electrons. The minimum Gasteiger partial charge on any atom is -0.310 e. The third-order valence-corrected chi connectivity index (χ3v) is 6.03. The van der Waals surface area contributed by atoms with E-state index in [1.165, 1.54) is 11.8 Å². The number of carbonyl (C=O) groups excluding carboxylic acids is 1. The summed E-state index contributed by atoms with van der Waals surface area (Å²) in [5, 5.41) is 16.6. The Hall–Kier alpha value is -4.30. The lowest BCUT2D eigenvalue weighted by Crippen LogP contribution is -2.17. The molecule has 0 atom stereocenters. The lowest BCUT2D eigenvalue weighted by molar-refractivity contribution is -0.113. The molecule has 0 aliphatic carbocycles. The molecule has 0 saturated heterocycles. The van der Waals surface area contributed by atoms with E-state index >= 15 is 0 Å². The van der Waals surface area contributed by atoms with E-state index in [0.29, 0.717) is 16.7 Å². The zero-order valence-corrected chi connectivity index (χ0v) is 19.8. The smallest absolute Gasteiger partial charge is 0.236 e. The second-order valence-electron chi connectivity index (χ2n) is 7.78. The van der Waals surface area contributed by atoms with Gasteiger partial charge in [-0.3, -0.25) is 4.79 Å². The summed E-state index contributed by atoms with van der Waals surface area (Å²) in [6.07, 6.45) is 0. The Morgan fingerprint density at radius 3 is 2.09 bits per heavy atom. The molecule has 0 bridgehead atoms. The second-order valence-corrected chi connectivity index (χ2v) is 8.72. The van der Waals surface area contributed by atoms with Crippen LogP contribution in [0.1, 0.15) is 5.69 Å². The van der Waals surface area contributed by atoms with Gasteiger partial charge in [0.2, 0.25) is 11.1 Å². The third-order valence-electron chi connectivity index (χ3n) is 5.19. The summed E-state index contributed by atoms with van der Waals surface area (Å²) in [6.45, 7) is 1.89. The van der Waals surface area contributed by atoms with Gasteiger partial charge in [-0.25, -0.2) is 9.67 Å². The van der Waals surface area contributed by atoms with Crippen molar-refractivity contribution in [2.24, 2.45) is 0 Å². The molecule has 0 saturated carbocycles. The minimum absolute atomic E-state index is 0.139. The number of nitrogens with zero attached hydrogens (tertiary/aromatic N) is 5. The van der Waals surface area contributed by atoms with Gasteiger partial charge < -0.3 is 5.32 Å². The van der Waals surface area contributed by atoms with Crippen LogP contribution in [0.3, 0.4) is 0 Å². The summed E-state index contributed by atoms with van der Waals surface area (Å²) >= 11 is 1.24. The van der Waals surface area contributed by atoms with Crippen LogP contribution in [-0.4, -0.2) is 36.6 Å². The van der Waals surface area contributed by atoms with Crippen LogP contribution in [0.2, 0.25) is 0 Å². The van der Waals surface area contributed by atoms with Crippen molar-refractivity contribution in [2.45, 2.75) is 12.1 Å². The third kappa shape index (κ3) is 5.28. The van der Waals surface area contributed by atoms with Gasteiger partial charge in [-0.2, -0.15) is 5.10 Å². The first-order chi connectivity index (χ1) is 17.2. The molecule has 2 heterocycles. The summed E-state index contributed by atoms with van der Waals surface area (Å²) in [7, 11) is 0. The van der Waals surface area contributed by atoms with Gasteiger partial charge >= 0.3 is 0 Å². The SMILES string of the molecule is Cc1cc(NC(=O)CSc2nnc(-c3ccccc3)c(-c3ccccc3)n2)n(-c2ccccc2)n1. The van der Waals surface area contributed by atoms with Crippen molar-refractivity contribution < 1.29 is 4.79 Å². The Morgan fingerprint density at radius 1 is 0.829 bits per heavy atom. The molecule has 0 spiro atoms. The summed E-state index contributed by atoms with van der Waals surface area (Å²) in [6, 6.07) is 31.2. The van der Waals surface area contributed by atoms with Crippen LogP contribution in [-0.2, 0) is 4.79 Å². The number of hydrogen-bond donors (Lipinski definition) is 1. The fourth-order valence-corrected chi connectivity index (χ4v) is 4.21. The summed E-state index contributed by atoms with van der Waals surface area (Å²) in [5.74, 6) is 0.575. The van der Waals surface area contributed by atoms with Crippen LogP contribution in [0.15, 0.2) is 102 Å². The molecule has 0 unspecified atom stereocenters. The van der Waals surface area contributed by atoms with Crippen LogP contribution in [0.25, 0.3) is 28.2 Å². The lowest BCUT2D eigenvalue weighted by atomic mass is 10.0. The lowest BCUT2D eigenvalue weighted by Gasteiger charge is -2.10. The number of anilines is 1. The van der Waals surface area contributed by atoms with E-state index in [9.17, 15) is 4.79 Å². The monoisotopic (exact) mass is 478 g/mol. The number of thioether (sulfide) groups is 1. The number of carbonyl (C=O) groups is 1. The fraction of sp³-hybridized carbons (Fsp3) is 0.0741. The topological polar surface area (TPSA) is 85.6 Å². The van der Waals surface area contributed by atoms with Crippen molar-refractivity contribution in [3.05, 3.63) is 103 Å².